The highest BCUT2D eigenvalue weighted by molar-refractivity contribution is 6.30. The van der Waals surface area contributed by atoms with Crippen LogP contribution in [-0.2, 0) is 6.42 Å². The molecule has 1 unspecified atom stereocenters. The summed E-state index contributed by atoms with van der Waals surface area (Å²) in [6.45, 7) is 6.66. The van der Waals surface area contributed by atoms with Gasteiger partial charge in [0.05, 0.1) is 0 Å². The van der Waals surface area contributed by atoms with E-state index >= 15 is 0 Å². The molecule has 84 valence electrons. The summed E-state index contributed by atoms with van der Waals surface area (Å²) in [5, 5.41) is 0.799. The minimum Gasteiger partial charge on any atom is -0.126 e. The summed E-state index contributed by atoms with van der Waals surface area (Å²) < 4.78 is 0. The third-order valence-corrected chi connectivity index (χ3v) is 4.04. The van der Waals surface area contributed by atoms with Crippen LogP contribution in [0.2, 0.25) is 5.02 Å². The molecule has 0 amide bonds. The molecule has 0 aliphatic carbocycles. The molecule has 1 aromatic rings. The van der Waals surface area contributed by atoms with Gasteiger partial charge in [-0.2, -0.15) is 0 Å². The highest BCUT2D eigenvalue weighted by Crippen LogP contribution is 2.33. The zero-order valence-electron chi connectivity index (χ0n) is 9.56. The van der Waals surface area contributed by atoms with Crippen molar-refractivity contribution in [1.82, 2.24) is 0 Å². The van der Waals surface area contributed by atoms with E-state index < -0.39 is 0 Å². The van der Waals surface area contributed by atoms with E-state index in [2.05, 4.69) is 26.8 Å². The smallest absolute Gasteiger partial charge is 0.0408 e. The van der Waals surface area contributed by atoms with Gasteiger partial charge in [-0.1, -0.05) is 44.5 Å². The minimum absolute atomic E-state index is 0.145. The quantitative estimate of drug-likeness (QED) is 0.669. The number of benzene rings is 1. The van der Waals surface area contributed by atoms with Crippen molar-refractivity contribution in [1.29, 1.82) is 0 Å². The van der Waals surface area contributed by atoms with Gasteiger partial charge in [-0.25, -0.2) is 0 Å². The van der Waals surface area contributed by atoms with E-state index in [1.54, 1.807) is 0 Å². The summed E-state index contributed by atoms with van der Waals surface area (Å²) in [6, 6.07) is 8.03. The number of halogens is 2. The average Bonchev–Trinajstić information content (AvgIpc) is 2.17. The summed E-state index contributed by atoms with van der Waals surface area (Å²) >= 11 is 12.0. The van der Waals surface area contributed by atoms with Gasteiger partial charge < -0.3 is 0 Å². The molecule has 0 heterocycles. The molecule has 0 saturated carbocycles. The van der Waals surface area contributed by atoms with E-state index in [1.165, 1.54) is 5.56 Å². The summed E-state index contributed by atoms with van der Waals surface area (Å²) in [5.74, 6) is 1.24. The SMILES string of the molecule is CC(C)C(C)(CCl)Cc1cccc(Cl)c1. The van der Waals surface area contributed by atoms with Crippen LogP contribution in [0.15, 0.2) is 24.3 Å². The van der Waals surface area contributed by atoms with Crippen LogP contribution in [0.3, 0.4) is 0 Å². The molecule has 0 saturated heterocycles. The van der Waals surface area contributed by atoms with Gasteiger partial charge >= 0.3 is 0 Å². The summed E-state index contributed by atoms with van der Waals surface area (Å²) in [6.07, 6.45) is 0.981. The number of rotatable bonds is 4. The van der Waals surface area contributed by atoms with Crippen molar-refractivity contribution < 1.29 is 0 Å². The molecule has 0 radical (unpaired) electrons. The maximum atomic E-state index is 6.06. The van der Waals surface area contributed by atoms with Gasteiger partial charge in [0.2, 0.25) is 0 Å². The first-order valence-corrected chi connectivity index (χ1v) is 6.19. The highest BCUT2D eigenvalue weighted by Gasteiger charge is 2.27. The third kappa shape index (κ3) is 3.39. The topological polar surface area (TPSA) is 0 Å². The fourth-order valence-electron chi connectivity index (χ4n) is 1.52. The highest BCUT2D eigenvalue weighted by atomic mass is 35.5. The molecule has 1 aromatic carbocycles. The van der Waals surface area contributed by atoms with E-state index in [9.17, 15) is 0 Å². The van der Waals surface area contributed by atoms with Crippen LogP contribution in [-0.4, -0.2) is 5.88 Å². The van der Waals surface area contributed by atoms with E-state index in [4.69, 9.17) is 23.2 Å². The lowest BCUT2D eigenvalue weighted by Gasteiger charge is -2.31. The molecule has 1 atom stereocenters. The molecule has 1 rings (SSSR count). The van der Waals surface area contributed by atoms with E-state index in [0.29, 0.717) is 11.8 Å². The van der Waals surface area contributed by atoms with Crippen LogP contribution < -0.4 is 0 Å². The molecule has 0 N–H and O–H groups in total. The Morgan fingerprint density at radius 1 is 1.33 bits per heavy atom. The second kappa shape index (κ2) is 5.23. The van der Waals surface area contributed by atoms with E-state index in [0.717, 1.165) is 11.4 Å². The lowest BCUT2D eigenvalue weighted by Crippen LogP contribution is -2.28. The zero-order valence-corrected chi connectivity index (χ0v) is 11.1. The van der Waals surface area contributed by atoms with E-state index in [1.807, 2.05) is 18.2 Å². The Hall–Kier alpha value is -0.200. The van der Waals surface area contributed by atoms with Crippen LogP contribution in [0.1, 0.15) is 26.3 Å². The van der Waals surface area contributed by atoms with Crippen LogP contribution in [0.5, 0.6) is 0 Å². The molecule has 15 heavy (non-hydrogen) atoms. The lowest BCUT2D eigenvalue weighted by molar-refractivity contribution is 0.253. The molecule has 0 fully saturated rings. The second-order valence-corrected chi connectivity index (χ2v) is 5.45. The predicted octanol–water partition coefficient (Wildman–Crippen LogP) is 4.78. The molecular weight excluding hydrogens is 227 g/mol. The fraction of sp³-hybridized carbons (Fsp3) is 0.538. The number of hydrogen-bond donors (Lipinski definition) is 0. The van der Waals surface area contributed by atoms with Crippen molar-refractivity contribution in [2.24, 2.45) is 11.3 Å². The number of alkyl halides is 1. The zero-order chi connectivity index (χ0) is 11.5. The number of hydrogen-bond acceptors (Lipinski definition) is 0. The van der Waals surface area contributed by atoms with Crippen molar-refractivity contribution in [3.8, 4) is 0 Å². The van der Waals surface area contributed by atoms with Gasteiger partial charge in [0.1, 0.15) is 0 Å². The Bertz CT molecular complexity index is 320. The molecule has 0 bridgehead atoms. The molecule has 0 aliphatic rings. The standard InChI is InChI=1S/C13H18Cl2/c1-10(2)13(3,9-14)8-11-5-4-6-12(15)7-11/h4-7,10H,8-9H2,1-3H3. The Morgan fingerprint density at radius 3 is 2.47 bits per heavy atom. The first-order chi connectivity index (χ1) is 6.98. The van der Waals surface area contributed by atoms with Crippen molar-refractivity contribution in [2.45, 2.75) is 27.2 Å². The summed E-state index contributed by atoms with van der Waals surface area (Å²) in [7, 11) is 0. The maximum absolute atomic E-state index is 6.06. The van der Waals surface area contributed by atoms with Crippen molar-refractivity contribution in [2.75, 3.05) is 5.88 Å². The van der Waals surface area contributed by atoms with E-state index in [-0.39, 0.29) is 5.41 Å². The molecule has 0 nitrogen and oxygen atoms in total. The Kier molecular flexibility index (Phi) is 4.48. The largest absolute Gasteiger partial charge is 0.126 e. The van der Waals surface area contributed by atoms with Crippen LogP contribution in [0.4, 0.5) is 0 Å². The Labute approximate surface area is 103 Å². The van der Waals surface area contributed by atoms with Gasteiger partial charge in [-0.05, 0) is 35.4 Å². The van der Waals surface area contributed by atoms with Gasteiger partial charge in [0.15, 0.2) is 0 Å². The monoisotopic (exact) mass is 244 g/mol. The van der Waals surface area contributed by atoms with Crippen LogP contribution in [0, 0.1) is 11.3 Å². The summed E-state index contributed by atoms with van der Waals surface area (Å²) in [5.41, 5.74) is 1.41. The lowest BCUT2D eigenvalue weighted by atomic mass is 9.76. The molecule has 0 spiro atoms. The third-order valence-electron chi connectivity index (χ3n) is 3.20. The maximum Gasteiger partial charge on any atom is 0.0408 e. The first-order valence-electron chi connectivity index (χ1n) is 5.28. The Balaban J connectivity index is 2.84. The van der Waals surface area contributed by atoms with Gasteiger partial charge in [0.25, 0.3) is 0 Å². The summed E-state index contributed by atoms with van der Waals surface area (Å²) in [4.78, 5) is 0. The first kappa shape index (κ1) is 12.9. The van der Waals surface area contributed by atoms with Crippen molar-refractivity contribution in [3.63, 3.8) is 0 Å². The van der Waals surface area contributed by atoms with Gasteiger partial charge in [-0.15, -0.1) is 11.6 Å². The molecular formula is C13H18Cl2. The average molecular weight is 245 g/mol. The van der Waals surface area contributed by atoms with Crippen LogP contribution in [0.25, 0.3) is 0 Å². The minimum atomic E-state index is 0.145. The van der Waals surface area contributed by atoms with Gasteiger partial charge in [-0.3, -0.25) is 0 Å². The molecule has 0 aromatic heterocycles. The molecule has 0 aliphatic heterocycles. The molecule has 2 heteroatoms. The van der Waals surface area contributed by atoms with Crippen LogP contribution >= 0.6 is 23.2 Å². The van der Waals surface area contributed by atoms with Gasteiger partial charge in [0, 0.05) is 10.9 Å². The van der Waals surface area contributed by atoms with Crippen molar-refractivity contribution >= 4 is 23.2 Å². The second-order valence-electron chi connectivity index (χ2n) is 4.75. The fourth-order valence-corrected chi connectivity index (χ4v) is 2.13. The van der Waals surface area contributed by atoms with Crippen molar-refractivity contribution in [3.05, 3.63) is 34.9 Å². The predicted molar refractivity (Wildman–Crippen MR) is 68.8 cm³/mol. The normalized spacial score (nSPS) is 15.3. The Morgan fingerprint density at radius 2 is 2.00 bits per heavy atom.